The maximum absolute atomic E-state index is 12.9. The zero-order valence-corrected chi connectivity index (χ0v) is 15.6. The molecule has 1 unspecified atom stereocenters. The van der Waals surface area contributed by atoms with E-state index in [1.165, 1.54) is 29.5 Å². The molecule has 1 aliphatic heterocycles. The molecule has 1 aromatic heterocycles. The summed E-state index contributed by atoms with van der Waals surface area (Å²) >= 11 is 0. The van der Waals surface area contributed by atoms with Crippen LogP contribution in [-0.4, -0.2) is 34.5 Å². The zero-order valence-electron chi connectivity index (χ0n) is 15.6. The number of fused-ring (bicyclic) bond motifs is 1. The van der Waals surface area contributed by atoms with Crippen LogP contribution in [0.3, 0.4) is 0 Å². The fourth-order valence-electron chi connectivity index (χ4n) is 3.93. The van der Waals surface area contributed by atoms with E-state index in [0.717, 1.165) is 44.3 Å². The van der Waals surface area contributed by atoms with Crippen LogP contribution in [0.2, 0.25) is 0 Å². The molecule has 0 radical (unpaired) electrons. The van der Waals surface area contributed by atoms with Gasteiger partial charge in [0.2, 0.25) is 5.91 Å². The van der Waals surface area contributed by atoms with Crippen molar-refractivity contribution in [1.29, 1.82) is 0 Å². The first kappa shape index (κ1) is 18.0. The summed E-state index contributed by atoms with van der Waals surface area (Å²) in [7, 11) is 0. The zero-order chi connectivity index (χ0) is 17.8. The van der Waals surface area contributed by atoms with Crippen LogP contribution in [0.1, 0.15) is 50.3 Å². The van der Waals surface area contributed by atoms with Gasteiger partial charge in [-0.3, -0.25) is 4.79 Å². The van der Waals surface area contributed by atoms with Crippen molar-refractivity contribution < 1.29 is 4.79 Å². The SMILES string of the molecule is CCC(N)Cc1c(C)n(CC(=O)N2CCCCCC2)c2ccccc12. The van der Waals surface area contributed by atoms with Gasteiger partial charge in [-0.1, -0.05) is 38.0 Å². The number of likely N-dealkylation sites (tertiary alicyclic amines) is 1. The Morgan fingerprint density at radius 1 is 1.16 bits per heavy atom. The van der Waals surface area contributed by atoms with E-state index in [4.69, 9.17) is 5.73 Å². The molecule has 0 bridgehead atoms. The molecule has 1 atom stereocenters. The Balaban J connectivity index is 1.90. The Bertz CT molecular complexity index is 726. The molecule has 25 heavy (non-hydrogen) atoms. The molecule has 2 heterocycles. The van der Waals surface area contributed by atoms with E-state index < -0.39 is 0 Å². The molecular weight excluding hydrogens is 310 g/mol. The number of para-hydroxylation sites is 1. The van der Waals surface area contributed by atoms with Crippen LogP contribution in [0.5, 0.6) is 0 Å². The lowest BCUT2D eigenvalue weighted by molar-refractivity contribution is -0.131. The molecule has 0 aliphatic carbocycles. The molecule has 4 nitrogen and oxygen atoms in total. The maximum atomic E-state index is 12.9. The molecule has 2 N–H and O–H groups in total. The molecule has 2 aromatic rings. The molecule has 3 rings (SSSR count). The van der Waals surface area contributed by atoms with E-state index in [2.05, 4.69) is 47.6 Å². The van der Waals surface area contributed by atoms with Crippen molar-refractivity contribution >= 4 is 16.8 Å². The van der Waals surface area contributed by atoms with Crippen LogP contribution in [0, 0.1) is 6.92 Å². The molecule has 1 saturated heterocycles. The van der Waals surface area contributed by atoms with Gasteiger partial charge in [0, 0.05) is 35.7 Å². The Labute approximate surface area is 151 Å². The lowest BCUT2D eigenvalue weighted by atomic mass is 10.0. The van der Waals surface area contributed by atoms with Crippen molar-refractivity contribution in [1.82, 2.24) is 9.47 Å². The number of nitrogens with two attached hydrogens (primary N) is 1. The van der Waals surface area contributed by atoms with Crippen molar-refractivity contribution in [2.75, 3.05) is 13.1 Å². The van der Waals surface area contributed by atoms with E-state index in [-0.39, 0.29) is 11.9 Å². The lowest BCUT2D eigenvalue weighted by Gasteiger charge is -2.21. The summed E-state index contributed by atoms with van der Waals surface area (Å²) in [6.07, 6.45) is 6.59. The maximum Gasteiger partial charge on any atom is 0.242 e. The van der Waals surface area contributed by atoms with E-state index in [0.29, 0.717) is 6.54 Å². The van der Waals surface area contributed by atoms with Gasteiger partial charge >= 0.3 is 0 Å². The van der Waals surface area contributed by atoms with Crippen molar-refractivity contribution in [2.24, 2.45) is 5.73 Å². The van der Waals surface area contributed by atoms with Gasteiger partial charge in [0.05, 0.1) is 0 Å². The standard InChI is InChI=1S/C21H31N3O/c1-3-17(22)14-19-16(2)24(20-11-7-6-10-18(19)20)15-21(25)23-12-8-4-5-9-13-23/h6-7,10-11,17H,3-5,8-9,12-15,22H2,1-2H3. The number of benzene rings is 1. The second-order valence-electron chi connectivity index (χ2n) is 7.33. The third-order valence-corrected chi connectivity index (χ3v) is 5.60. The van der Waals surface area contributed by atoms with Gasteiger partial charge < -0.3 is 15.2 Å². The van der Waals surface area contributed by atoms with Crippen molar-refractivity contribution in [3.05, 3.63) is 35.5 Å². The normalized spacial score (nSPS) is 16.8. The minimum absolute atomic E-state index is 0.166. The molecule has 1 amide bonds. The smallest absolute Gasteiger partial charge is 0.242 e. The van der Waals surface area contributed by atoms with Gasteiger partial charge in [0.15, 0.2) is 0 Å². The largest absolute Gasteiger partial charge is 0.341 e. The number of amides is 1. The second kappa shape index (κ2) is 8.05. The molecule has 4 heteroatoms. The van der Waals surface area contributed by atoms with Gasteiger partial charge in [-0.2, -0.15) is 0 Å². The van der Waals surface area contributed by atoms with E-state index >= 15 is 0 Å². The average Bonchev–Trinajstić information content (AvgIpc) is 2.82. The Kier molecular flexibility index (Phi) is 5.79. The minimum Gasteiger partial charge on any atom is -0.341 e. The average molecular weight is 341 g/mol. The summed E-state index contributed by atoms with van der Waals surface area (Å²) in [5.41, 5.74) is 9.87. The van der Waals surface area contributed by atoms with Gasteiger partial charge in [-0.25, -0.2) is 0 Å². The first-order valence-corrected chi connectivity index (χ1v) is 9.72. The fourth-order valence-corrected chi connectivity index (χ4v) is 3.93. The Morgan fingerprint density at radius 3 is 2.52 bits per heavy atom. The van der Waals surface area contributed by atoms with Crippen LogP contribution in [0.15, 0.2) is 24.3 Å². The Hall–Kier alpha value is -1.81. The summed E-state index contributed by atoms with van der Waals surface area (Å²) in [4.78, 5) is 14.9. The summed E-state index contributed by atoms with van der Waals surface area (Å²) < 4.78 is 2.19. The van der Waals surface area contributed by atoms with Crippen LogP contribution < -0.4 is 5.73 Å². The van der Waals surface area contributed by atoms with Gasteiger partial charge in [-0.15, -0.1) is 0 Å². The highest BCUT2D eigenvalue weighted by atomic mass is 16.2. The first-order valence-electron chi connectivity index (χ1n) is 9.72. The van der Waals surface area contributed by atoms with E-state index in [1.807, 2.05) is 0 Å². The monoisotopic (exact) mass is 341 g/mol. The van der Waals surface area contributed by atoms with Crippen molar-refractivity contribution in [3.63, 3.8) is 0 Å². The fraction of sp³-hybridized carbons (Fsp3) is 0.571. The predicted molar refractivity (Wildman–Crippen MR) is 104 cm³/mol. The first-order chi connectivity index (χ1) is 12.1. The van der Waals surface area contributed by atoms with Gasteiger partial charge in [-0.05, 0) is 44.2 Å². The number of hydrogen-bond acceptors (Lipinski definition) is 2. The molecular formula is C21H31N3O. The second-order valence-corrected chi connectivity index (χ2v) is 7.33. The number of nitrogens with zero attached hydrogens (tertiary/aromatic N) is 2. The summed E-state index contributed by atoms with van der Waals surface area (Å²) in [5, 5.41) is 1.24. The molecule has 136 valence electrons. The topological polar surface area (TPSA) is 51.3 Å². The number of aromatic nitrogens is 1. The number of carbonyl (C=O) groups excluding carboxylic acids is 1. The molecule has 1 aromatic carbocycles. The highest BCUT2D eigenvalue weighted by molar-refractivity contribution is 5.87. The lowest BCUT2D eigenvalue weighted by Crippen LogP contribution is -2.34. The number of hydrogen-bond donors (Lipinski definition) is 1. The van der Waals surface area contributed by atoms with Crippen LogP contribution >= 0.6 is 0 Å². The van der Waals surface area contributed by atoms with Crippen molar-refractivity contribution in [2.45, 2.75) is 65.0 Å². The summed E-state index contributed by atoms with van der Waals surface area (Å²) in [5.74, 6) is 0.247. The quantitative estimate of drug-likeness (QED) is 0.903. The summed E-state index contributed by atoms with van der Waals surface area (Å²) in [6, 6.07) is 8.58. The van der Waals surface area contributed by atoms with Gasteiger partial charge in [0.25, 0.3) is 0 Å². The third-order valence-electron chi connectivity index (χ3n) is 5.60. The number of rotatable bonds is 5. The molecule has 1 fully saturated rings. The van der Waals surface area contributed by atoms with Crippen molar-refractivity contribution in [3.8, 4) is 0 Å². The van der Waals surface area contributed by atoms with Crippen LogP contribution in [-0.2, 0) is 17.8 Å². The van der Waals surface area contributed by atoms with E-state index in [9.17, 15) is 4.79 Å². The summed E-state index contributed by atoms with van der Waals surface area (Å²) in [6.45, 7) is 6.51. The Morgan fingerprint density at radius 2 is 1.84 bits per heavy atom. The predicted octanol–water partition coefficient (Wildman–Crippen LogP) is 3.63. The van der Waals surface area contributed by atoms with Crippen LogP contribution in [0.4, 0.5) is 0 Å². The highest BCUT2D eigenvalue weighted by Gasteiger charge is 2.20. The third kappa shape index (κ3) is 3.90. The van der Waals surface area contributed by atoms with Gasteiger partial charge in [0.1, 0.15) is 6.54 Å². The molecule has 1 aliphatic rings. The van der Waals surface area contributed by atoms with E-state index in [1.54, 1.807) is 0 Å². The number of carbonyl (C=O) groups is 1. The molecule has 0 saturated carbocycles. The minimum atomic E-state index is 0.166. The highest BCUT2D eigenvalue weighted by Crippen LogP contribution is 2.27. The molecule has 0 spiro atoms. The van der Waals surface area contributed by atoms with Crippen LogP contribution in [0.25, 0.3) is 10.9 Å².